The van der Waals surface area contributed by atoms with Gasteiger partial charge in [-0.2, -0.15) is 0 Å². The first-order valence-corrected chi connectivity index (χ1v) is 6.35. The zero-order chi connectivity index (χ0) is 12.8. The maximum absolute atomic E-state index is 14.0. The summed E-state index contributed by atoms with van der Waals surface area (Å²) in [4.78, 5) is 2.10. The van der Waals surface area contributed by atoms with Crippen molar-refractivity contribution in [2.24, 2.45) is 5.73 Å². The predicted octanol–water partition coefficient (Wildman–Crippen LogP) is 2.95. The number of nitrogens with zero attached hydrogens (tertiary/aromatic N) is 1. The minimum Gasteiger partial charge on any atom is -0.367 e. The van der Waals surface area contributed by atoms with Crippen LogP contribution in [0.2, 0.25) is 0 Å². The van der Waals surface area contributed by atoms with Gasteiger partial charge in [-0.25, -0.2) is 4.39 Å². The van der Waals surface area contributed by atoms with Crippen LogP contribution in [0, 0.1) is 5.82 Å². The van der Waals surface area contributed by atoms with Gasteiger partial charge >= 0.3 is 0 Å². The second kappa shape index (κ2) is 6.60. The fourth-order valence-electron chi connectivity index (χ4n) is 2.00. The molecule has 1 aromatic rings. The maximum Gasteiger partial charge on any atom is 0.146 e. The molecule has 3 heteroatoms. The molecule has 0 amide bonds. The molecule has 2 N–H and O–H groups in total. The number of anilines is 1. The number of rotatable bonds is 6. The molecule has 1 aromatic carbocycles. The molecule has 0 atom stereocenters. The van der Waals surface area contributed by atoms with Crippen molar-refractivity contribution in [3.05, 3.63) is 29.6 Å². The summed E-state index contributed by atoms with van der Waals surface area (Å²) in [5.41, 5.74) is 7.14. The van der Waals surface area contributed by atoms with Gasteiger partial charge in [0.15, 0.2) is 0 Å². The molecule has 96 valence electrons. The fourth-order valence-corrected chi connectivity index (χ4v) is 2.00. The number of hydrogen-bond donors (Lipinski definition) is 1. The van der Waals surface area contributed by atoms with E-state index in [2.05, 4.69) is 25.7 Å². The quantitative estimate of drug-likeness (QED) is 0.825. The number of hydrogen-bond acceptors (Lipinski definition) is 2. The van der Waals surface area contributed by atoms with Gasteiger partial charge in [0.25, 0.3) is 0 Å². The van der Waals surface area contributed by atoms with E-state index in [1.807, 2.05) is 12.1 Å². The van der Waals surface area contributed by atoms with Crippen molar-refractivity contribution in [1.82, 2.24) is 0 Å². The predicted molar refractivity (Wildman–Crippen MR) is 71.9 cm³/mol. The van der Waals surface area contributed by atoms with Crippen molar-refractivity contribution < 1.29 is 4.39 Å². The Bertz CT molecular complexity index is 350. The number of benzene rings is 1. The highest BCUT2D eigenvalue weighted by molar-refractivity contribution is 5.50. The summed E-state index contributed by atoms with van der Waals surface area (Å²) < 4.78 is 14.0. The van der Waals surface area contributed by atoms with Crippen LogP contribution in [0.1, 0.15) is 32.8 Å². The first kappa shape index (κ1) is 14.0. The average molecular weight is 238 g/mol. The van der Waals surface area contributed by atoms with Crippen LogP contribution in [0.15, 0.2) is 18.2 Å². The van der Waals surface area contributed by atoms with E-state index in [0.717, 1.165) is 24.9 Å². The van der Waals surface area contributed by atoms with Gasteiger partial charge in [0.2, 0.25) is 0 Å². The van der Waals surface area contributed by atoms with E-state index in [9.17, 15) is 4.39 Å². The van der Waals surface area contributed by atoms with Crippen LogP contribution in [0.5, 0.6) is 0 Å². The third-order valence-corrected chi connectivity index (χ3v) is 2.84. The summed E-state index contributed by atoms with van der Waals surface area (Å²) in [6, 6.07) is 5.75. The minimum atomic E-state index is -0.141. The van der Waals surface area contributed by atoms with Gasteiger partial charge in [-0.1, -0.05) is 13.0 Å². The Kier molecular flexibility index (Phi) is 5.42. The van der Waals surface area contributed by atoms with Crippen molar-refractivity contribution in [3.8, 4) is 0 Å². The van der Waals surface area contributed by atoms with Crippen LogP contribution in [0.25, 0.3) is 0 Å². The highest BCUT2D eigenvalue weighted by Gasteiger charge is 2.14. The Morgan fingerprint density at radius 1 is 1.35 bits per heavy atom. The zero-order valence-corrected chi connectivity index (χ0v) is 11.0. The molecule has 0 heterocycles. The van der Waals surface area contributed by atoms with Crippen LogP contribution in [0.4, 0.5) is 10.1 Å². The van der Waals surface area contributed by atoms with Crippen molar-refractivity contribution in [2.45, 2.75) is 39.7 Å². The lowest BCUT2D eigenvalue weighted by Gasteiger charge is -2.29. The molecule has 0 aliphatic heterocycles. The molecule has 0 aromatic heterocycles. The number of nitrogens with two attached hydrogens (primary N) is 1. The summed E-state index contributed by atoms with van der Waals surface area (Å²) in [5, 5.41) is 0. The fraction of sp³-hybridized carbons (Fsp3) is 0.571. The summed E-state index contributed by atoms with van der Waals surface area (Å²) in [6.45, 7) is 7.72. The van der Waals surface area contributed by atoms with Gasteiger partial charge in [-0.05, 0) is 50.9 Å². The zero-order valence-electron chi connectivity index (χ0n) is 11.0. The molecule has 17 heavy (non-hydrogen) atoms. The van der Waals surface area contributed by atoms with E-state index in [0.29, 0.717) is 18.3 Å². The average Bonchev–Trinajstić information content (AvgIpc) is 2.27. The van der Waals surface area contributed by atoms with Crippen molar-refractivity contribution >= 4 is 5.69 Å². The van der Waals surface area contributed by atoms with Gasteiger partial charge in [-0.15, -0.1) is 0 Å². The standard InChI is InChI=1S/C14H23FN2/c1-4-9-17(11(2)3)14-6-5-12(7-8-16)10-13(14)15/h5-6,10-11H,4,7-9,16H2,1-3H3. The van der Waals surface area contributed by atoms with Crippen LogP contribution in [-0.2, 0) is 6.42 Å². The maximum atomic E-state index is 14.0. The molecule has 1 rings (SSSR count). The highest BCUT2D eigenvalue weighted by Crippen LogP contribution is 2.23. The lowest BCUT2D eigenvalue weighted by atomic mass is 10.1. The molecule has 2 nitrogen and oxygen atoms in total. The van der Waals surface area contributed by atoms with Gasteiger partial charge in [-0.3, -0.25) is 0 Å². The SMILES string of the molecule is CCCN(c1ccc(CCN)cc1F)C(C)C. The Morgan fingerprint density at radius 3 is 2.53 bits per heavy atom. The first-order valence-electron chi connectivity index (χ1n) is 6.35. The largest absolute Gasteiger partial charge is 0.367 e. The summed E-state index contributed by atoms with van der Waals surface area (Å²) in [7, 11) is 0. The van der Waals surface area contributed by atoms with Crippen molar-refractivity contribution in [2.75, 3.05) is 18.0 Å². The van der Waals surface area contributed by atoms with Crippen molar-refractivity contribution in [3.63, 3.8) is 0 Å². The van der Waals surface area contributed by atoms with Crippen LogP contribution < -0.4 is 10.6 Å². The molecule has 0 radical (unpaired) electrons. The number of halogens is 1. The molecular formula is C14H23FN2. The topological polar surface area (TPSA) is 29.3 Å². The third kappa shape index (κ3) is 3.70. The smallest absolute Gasteiger partial charge is 0.146 e. The Balaban J connectivity index is 2.95. The third-order valence-electron chi connectivity index (χ3n) is 2.84. The Hall–Kier alpha value is -1.09. The Labute approximate surface area is 104 Å². The molecule has 0 spiro atoms. The molecule has 0 aliphatic carbocycles. The molecule has 0 bridgehead atoms. The van der Waals surface area contributed by atoms with Crippen molar-refractivity contribution in [1.29, 1.82) is 0 Å². The summed E-state index contributed by atoms with van der Waals surface area (Å²) >= 11 is 0. The lowest BCUT2D eigenvalue weighted by Crippen LogP contribution is -2.32. The van der Waals surface area contributed by atoms with E-state index in [4.69, 9.17) is 5.73 Å². The van der Waals surface area contributed by atoms with E-state index in [-0.39, 0.29) is 5.82 Å². The van der Waals surface area contributed by atoms with Gasteiger partial charge in [0.05, 0.1) is 5.69 Å². The summed E-state index contributed by atoms with van der Waals surface area (Å²) in [6.07, 6.45) is 1.74. The highest BCUT2D eigenvalue weighted by atomic mass is 19.1. The molecule has 0 saturated carbocycles. The van der Waals surface area contributed by atoms with Gasteiger partial charge < -0.3 is 10.6 Å². The summed E-state index contributed by atoms with van der Waals surface area (Å²) in [5.74, 6) is -0.141. The van der Waals surface area contributed by atoms with E-state index in [1.165, 1.54) is 0 Å². The normalized spacial score (nSPS) is 10.9. The van der Waals surface area contributed by atoms with Crippen LogP contribution in [0.3, 0.4) is 0 Å². The monoisotopic (exact) mass is 238 g/mol. The Morgan fingerprint density at radius 2 is 2.06 bits per heavy atom. The van der Waals surface area contributed by atoms with Gasteiger partial charge in [0.1, 0.15) is 5.82 Å². The van der Waals surface area contributed by atoms with Crippen LogP contribution in [-0.4, -0.2) is 19.1 Å². The molecule has 0 saturated heterocycles. The lowest BCUT2D eigenvalue weighted by molar-refractivity contribution is 0.595. The van der Waals surface area contributed by atoms with E-state index < -0.39 is 0 Å². The van der Waals surface area contributed by atoms with E-state index in [1.54, 1.807) is 6.07 Å². The molecular weight excluding hydrogens is 215 g/mol. The second-order valence-electron chi connectivity index (χ2n) is 4.61. The molecule has 0 unspecified atom stereocenters. The second-order valence-corrected chi connectivity index (χ2v) is 4.61. The van der Waals surface area contributed by atoms with Gasteiger partial charge in [0, 0.05) is 12.6 Å². The molecule has 0 fully saturated rings. The molecule has 0 aliphatic rings. The minimum absolute atomic E-state index is 0.141. The van der Waals surface area contributed by atoms with E-state index >= 15 is 0 Å². The van der Waals surface area contributed by atoms with Crippen LogP contribution >= 0.6 is 0 Å². The first-order chi connectivity index (χ1) is 8.10.